The molecule has 1 aromatic rings. The smallest absolute Gasteiger partial charge is 0.275 e. The van der Waals surface area contributed by atoms with Crippen LogP contribution in [0.25, 0.3) is 0 Å². The lowest BCUT2D eigenvalue weighted by Crippen LogP contribution is -2.32. The molecule has 0 aliphatic heterocycles. The predicted octanol–water partition coefficient (Wildman–Crippen LogP) is 0.877. The van der Waals surface area contributed by atoms with Crippen molar-refractivity contribution in [2.45, 2.75) is 18.6 Å². The number of nitrogens with zero attached hydrogens (tertiary/aromatic N) is 2. The van der Waals surface area contributed by atoms with Crippen LogP contribution < -0.4 is 11.3 Å². The molecule has 0 saturated carbocycles. The van der Waals surface area contributed by atoms with Crippen molar-refractivity contribution in [3.05, 3.63) is 18.0 Å². The van der Waals surface area contributed by atoms with Crippen LogP contribution in [0.1, 0.15) is 18.2 Å². The molecule has 0 aromatic carbocycles. The van der Waals surface area contributed by atoms with Crippen molar-refractivity contribution in [3.8, 4) is 0 Å². The summed E-state index contributed by atoms with van der Waals surface area (Å²) in [4.78, 5) is 0. The summed E-state index contributed by atoms with van der Waals surface area (Å²) in [6.45, 7) is 0. The van der Waals surface area contributed by atoms with Gasteiger partial charge in [0.15, 0.2) is 0 Å². The number of nitrogens with one attached hydrogen (secondary N) is 1. The highest BCUT2D eigenvalue weighted by molar-refractivity contribution is 5.05. The summed E-state index contributed by atoms with van der Waals surface area (Å²) in [5.74, 6) is 5.02. The SMILES string of the molecule is Cn1ccc(C(CC(F)(F)F)NN)n1. The number of alkyl halides is 3. The van der Waals surface area contributed by atoms with Crippen molar-refractivity contribution in [2.75, 3.05) is 0 Å². The van der Waals surface area contributed by atoms with E-state index in [-0.39, 0.29) is 5.69 Å². The van der Waals surface area contributed by atoms with Gasteiger partial charge in [-0.3, -0.25) is 16.0 Å². The molecule has 0 spiro atoms. The molecule has 1 unspecified atom stereocenters. The fourth-order valence-corrected chi connectivity index (χ4v) is 1.10. The van der Waals surface area contributed by atoms with Crippen LogP contribution >= 0.6 is 0 Å². The van der Waals surface area contributed by atoms with Crippen molar-refractivity contribution >= 4 is 0 Å². The molecule has 0 radical (unpaired) electrons. The van der Waals surface area contributed by atoms with E-state index >= 15 is 0 Å². The zero-order valence-electron chi connectivity index (χ0n) is 7.54. The van der Waals surface area contributed by atoms with Gasteiger partial charge in [-0.15, -0.1) is 0 Å². The van der Waals surface area contributed by atoms with E-state index in [9.17, 15) is 13.2 Å². The van der Waals surface area contributed by atoms with E-state index in [1.54, 1.807) is 13.2 Å². The molecular formula is C7H11F3N4. The van der Waals surface area contributed by atoms with E-state index in [0.29, 0.717) is 0 Å². The molecule has 1 rings (SSSR count). The molecular weight excluding hydrogens is 197 g/mol. The number of halogens is 3. The molecule has 1 atom stereocenters. The lowest BCUT2D eigenvalue weighted by Gasteiger charge is -2.15. The second-order valence-electron chi connectivity index (χ2n) is 2.95. The Kier molecular flexibility index (Phi) is 3.12. The van der Waals surface area contributed by atoms with Gasteiger partial charge in [0.1, 0.15) is 0 Å². The Balaban J connectivity index is 2.72. The summed E-state index contributed by atoms with van der Waals surface area (Å²) in [5.41, 5.74) is 2.38. The molecule has 0 bridgehead atoms. The molecule has 0 fully saturated rings. The van der Waals surface area contributed by atoms with Gasteiger partial charge in [-0.05, 0) is 6.07 Å². The van der Waals surface area contributed by atoms with Crippen molar-refractivity contribution in [1.29, 1.82) is 0 Å². The largest absolute Gasteiger partial charge is 0.391 e. The lowest BCUT2D eigenvalue weighted by atomic mass is 10.1. The molecule has 0 aliphatic rings. The Bertz CT molecular complexity index is 293. The van der Waals surface area contributed by atoms with Gasteiger partial charge < -0.3 is 0 Å². The van der Waals surface area contributed by atoms with Crippen molar-refractivity contribution in [1.82, 2.24) is 15.2 Å². The second-order valence-corrected chi connectivity index (χ2v) is 2.95. The van der Waals surface area contributed by atoms with E-state index in [0.717, 1.165) is 0 Å². The topological polar surface area (TPSA) is 55.9 Å². The van der Waals surface area contributed by atoms with Crippen LogP contribution in [0.5, 0.6) is 0 Å². The number of nitrogens with two attached hydrogens (primary N) is 1. The number of hydrogen-bond acceptors (Lipinski definition) is 3. The van der Waals surface area contributed by atoms with E-state index in [4.69, 9.17) is 5.84 Å². The molecule has 4 nitrogen and oxygen atoms in total. The highest BCUT2D eigenvalue weighted by atomic mass is 19.4. The summed E-state index contributed by atoms with van der Waals surface area (Å²) in [6, 6.07) is 0.507. The molecule has 1 heterocycles. The van der Waals surface area contributed by atoms with E-state index in [1.165, 1.54) is 10.7 Å². The summed E-state index contributed by atoms with van der Waals surface area (Å²) in [5, 5.41) is 3.84. The summed E-state index contributed by atoms with van der Waals surface area (Å²) < 4.78 is 37.6. The number of aryl methyl sites for hydroxylation is 1. The van der Waals surface area contributed by atoms with Crippen LogP contribution in [0.4, 0.5) is 13.2 Å². The Morgan fingerprint density at radius 3 is 2.64 bits per heavy atom. The van der Waals surface area contributed by atoms with Crippen LogP contribution in [0.2, 0.25) is 0 Å². The van der Waals surface area contributed by atoms with Gasteiger partial charge in [-0.1, -0.05) is 0 Å². The Labute approximate surface area is 78.9 Å². The Hall–Kier alpha value is -1.08. The van der Waals surface area contributed by atoms with Crippen LogP contribution in [-0.4, -0.2) is 16.0 Å². The maximum atomic E-state index is 12.1. The van der Waals surface area contributed by atoms with Gasteiger partial charge in [-0.25, -0.2) is 0 Å². The predicted molar refractivity (Wildman–Crippen MR) is 43.9 cm³/mol. The maximum Gasteiger partial charge on any atom is 0.391 e. The third-order valence-corrected chi connectivity index (χ3v) is 1.73. The molecule has 7 heteroatoms. The maximum absolute atomic E-state index is 12.1. The standard InChI is InChI=1S/C7H11F3N4/c1-14-3-2-5(13-14)6(12-11)4-7(8,9)10/h2-3,6,12H,4,11H2,1H3. The number of hydrazine groups is 1. The lowest BCUT2D eigenvalue weighted by molar-refractivity contribution is -0.140. The van der Waals surface area contributed by atoms with Crippen LogP contribution in [0.15, 0.2) is 12.3 Å². The van der Waals surface area contributed by atoms with Gasteiger partial charge in [0.25, 0.3) is 0 Å². The highest BCUT2D eigenvalue weighted by Crippen LogP contribution is 2.27. The first-order valence-electron chi connectivity index (χ1n) is 3.95. The Morgan fingerprint density at radius 2 is 2.29 bits per heavy atom. The van der Waals surface area contributed by atoms with E-state index in [1.807, 2.05) is 0 Å². The fourth-order valence-electron chi connectivity index (χ4n) is 1.10. The van der Waals surface area contributed by atoms with Gasteiger partial charge >= 0.3 is 6.18 Å². The Morgan fingerprint density at radius 1 is 1.64 bits per heavy atom. The van der Waals surface area contributed by atoms with E-state index in [2.05, 4.69) is 10.5 Å². The van der Waals surface area contributed by atoms with Gasteiger partial charge in [0.05, 0.1) is 18.2 Å². The van der Waals surface area contributed by atoms with Crippen molar-refractivity contribution < 1.29 is 13.2 Å². The number of hydrogen-bond donors (Lipinski definition) is 2. The zero-order valence-corrected chi connectivity index (χ0v) is 7.54. The van der Waals surface area contributed by atoms with Gasteiger partial charge in [0, 0.05) is 13.2 Å². The second kappa shape index (κ2) is 3.97. The van der Waals surface area contributed by atoms with Crippen LogP contribution in [0, 0.1) is 0 Å². The minimum Gasteiger partial charge on any atom is -0.275 e. The van der Waals surface area contributed by atoms with E-state index < -0.39 is 18.6 Å². The highest BCUT2D eigenvalue weighted by Gasteiger charge is 2.33. The quantitative estimate of drug-likeness (QED) is 0.572. The molecule has 14 heavy (non-hydrogen) atoms. The molecule has 0 saturated heterocycles. The first-order chi connectivity index (χ1) is 6.42. The average molecular weight is 208 g/mol. The number of aromatic nitrogens is 2. The molecule has 3 N–H and O–H groups in total. The number of rotatable bonds is 3. The summed E-state index contributed by atoms with van der Waals surface area (Å²) in [6.07, 6.45) is -3.72. The monoisotopic (exact) mass is 208 g/mol. The zero-order chi connectivity index (χ0) is 10.8. The molecule has 80 valence electrons. The third kappa shape index (κ3) is 3.00. The summed E-state index contributed by atoms with van der Waals surface area (Å²) in [7, 11) is 1.63. The van der Waals surface area contributed by atoms with Gasteiger partial charge in [-0.2, -0.15) is 18.3 Å². The van der Waals surface area contributed by atoms with Gasteiger partial charge in [0.2, 0.25) is 0 Å². The average Bonchev–Trinajstić information content (AvgIpc) is 2.46. The molecule has 0 amide bonds. The van der Waals surface area contributed by atoms with Crippen molar-refractivity contribution in [2.24, 2.45) is 12.9 Å². The molecule has 1 aromatic heterocycles. The van der Waals surface area contributed by atoms with Crippen LogP contribution in [-0.2, 0) is 7.05 Å². The minimum absolute atomic E-state index is 0.285. The third-order valence-electron chi connectivity index (χ3n) is 1.73. The first-order valence-corrected chi connectivity index (χ1v) is 3.95. The normalized spacial score (nSPS) is 14.4. The van der Waals surface area contributed by atoms with Crippen molar-refractivity contribution in [3.63, 3.8) is 0 Å². The molecule has 0 aliphatic carbocycles. The van der Waals surface area contributed by atoms with Crippen LogP contribution in [0.3, 0.4) is 0 Å². The minimum atomic E-state index is -4.26. The first kappa shape index (κ1) is 11.0. The summed E-state index contributed by atoms with van der Waals surface area (Å²) >= 11 is 0. The fraction of sp³-hybridized carbons (Fsp3) is 0.571.